The first-order valence-electron chi connectivity index (χ1n) is 6.39. The third kappa shape index (κ3) is 5.25. The van der Waals surface area contributed by atoms with Gasteiger partial charge in [-0.05, 0) is 26.7 Å². The highest BCUT2D eigenvalue weighted by atomic mass is 19.4. The summed E-state index contributed by atoms with van der Waals surface area (Å²) in [6.45, 7) is 2.02. The molecule has 0 saturated heterocycles. The van der Waals surface area contributed by atoms with Crippen LogP contribution in [0.5, 0.6) is 0 Å². The van der Waals surface area contributed by atoms with E-state index in [9.17, 15) is 18.0 Å². The summed E-state index contributed by atoms with van der Waals surface area (Å²) in [7, 11) is 0. The van der Waals surface area contributed by atoms with E-state index in [0.29, 0.717) is 0 Å². The van der Waals surface area contributed by atoms with Crippen LogP contribution < -0.4 is 5.32 Å². The van der Waals surface area contributed by atoms with Gasteiger partial charge in [0.15, 0.2) is 0 Å². The molecule has 0 unspecified atom stereocenters. The molecule has 0 radical (unpaired) electrons. The number of hydrogen-bond acceptors (Lipinski definition) is 2. The molecule has 0 aromatic carbocycles. The molecule has 1 N–H and O–H groups in total. The molecule has 18 heavy (non-hydrogen) atoms. The van der Waals surface area contributed by atoms with Crippen molar-refractivity contribution in [2.75, 3.05) is 13.1 Å². The number of carbonyl (C=O) groups is 1. The van der Waals surface area contributed by atoms with Crippen molar-refractivity contribution in [2.24, 2.45) is 0 Å². The molecule has 6 heteroatoms. The number of carbonyl (C=O) groups excluding carboxylic acids is 1. The van der Waals surface area contributed by atoms with E-state index < -0.39 is 24.7 Å². The summed E-state index contributed by atoms with van der Waals surface area (Å²) in [6.07, 6.45) is -0.0691. The zero-order valence-corrected chi connectivity index (χ0v) is 10.9. The molecule has 0 aromatic rings. The summed E-state index contributed by atoms with van der Waals surface area (Å²) in [6, 6.07) is -0.154. The fraction of sp³-hybridized carbons (Fsp3) is 0.917. The number of alkyl halides is 3. The Kier molecular flexibility index (Phi) is 5.44. The van der Waals surface area contributed by atoms with Gasteiger partial charge < -0.3 is 10.2 Å². The van der Waals surface area contributed by atoms with Crippen LogP contribution in [0.1, 0.15) is 39.5 Å². The first kappa shape index (κ1) is 15.3. The van der Waals surface area contributed by atoms with E-state index in [1.165, 1.54) is 0 Å². The molecule has 0 spiro atoms. The first-order chi connectivity index (χ1) is 8.29. The van der Waals surface area contributed by atoms with Gasteiger partial charge in [0.25, 0.3) is 0 Å². The summed E-state index contributed by atoms with van der Waals surface area (Å²) < 4.78 is 37.1. The fourth-order valence-electron chi connectivity index (χ4n) is 2.22. The number of nitrogens with one attached hydrogen (secondary N) is 1. The van der Waals surface area contributed by atoms with Crippen molar-refractivity contribution in [1.29, 1.82) is 0 Å². The van der Waals surface area contributed by atoms with E-state index >= 15 is 0 Å². The third-order valence-electron chi connectivity index (χ3n) is 3.19. The molecule has 0 bridgehead atoms. The Labute approximate surface area is 106 Å². The fourth-order valence-corrected chi connectivity index (χ4v) is 2.22. The Morgan fingerprint density at radius 1 is 1.33 bits per heavy atom. The maximum Gasteiger partial charge on any atom is 0.406 e. The standard InChI is InChI=1S/C12H21F3N2O/c1-9(2)17(8-12(13,14)15)11(18)7-16-10-5-3-4-6-10/h9-10,16H,3-8H2,1-2H3. The van der Waals surface area contributed by atoms with Crippen LogP contribution >= 0.6 is 0 Å². The first-order valence-corrected chi connectivity index (χ1v) is 6.39. The molecule has 0 atom stereocenters. The molecular weight excluding hydrogens is 245 g/mol. The molecule has 1 fully saturated rings. The minimum Gasteiger partial charge on any atom is -0.330 e. The van der Waals surface area contributed by atoms with Gasteiger partial charge in [0.05, 0.1) is 6.54 Å². The van der Waals surface area contributed by atoms with E-state index in [2.05, 4.69) is 5.32 Å². The smallest absolute Gasteiger partial charge is 0.330 e. The molecule has 3 nitrogen and oxygen atoms in total. The predicted molar refractivity (Wildman–Crippen MR) is 63.2 cm³/mol. The van der Waals surface area contributed by atoms with Crippen molar-refractivity contribution >= 4 is 5.91 Å². The lowest BCUT2D eigenvalue weighted by molar-refractivity contribution is -0.164. The summed E-state index contributed by atoms with van der Waals surface area (Å²) >= 11 is 0. The van der Waals surface area contributed by atoms with Crippen LogP contribution in [0.15, 0.2) is 0 Å². The molecule has 0 aromatic heterocycles. The maximum absolute atomic E-state index is 12.4. The summed E-state index contributed by atoms with van der Waals surface area (Å²) in [5.74, 6) is -0.478. The van der Waals surface area contributed by atoms with Crippen LogP contribution in [0.3, 0.4) is 0 Å². The SMILES string of the molecule is CC(C)N(CC(F)(F)F)C(=O)CNC1CCCC1. The topological polar surface area (TPSA) is 32.3 Å². The van der Waals surface area contributed by atoms with Crippen molar-refractivity contribution in [2.45, 2.75) is 57.8 Å². The lowest BCUT2D eigenvalue weighted by Gasteiger charge is -2.28. The van der Waals surface area contributed by atoms with Gasteiger partial charge in [-0.1, -0.05) is 12.8 Å². The van der Waals surface area contributed by atoms with Gasteiger partial charge in [-0.25, -0.2) is 0 Å². The number of nitrogens with zero attached hydrogens (tertiary/aromatic N) is 1. The van der Waals surface area contributed by atoms with Crippen LogP contribution in [-0.2, 0) is 4.79 Å². The second kappa shape index (κ2) is 6.41. The van der Waals surface area contributed by atoms with Gasteiger partial charge in [-0.15, -0.1) is 0 Å². The van der Waals surface area contributed by atoms with Crippen molar-refractivity contribution in [3.8, 4) is 0 Å². The van der Waals surface area contributed by atoms with E-state index in [0.717, 1.165) is 30.6 Å². The predicted octanol–water partition coefficient (Wildman–Crippen LogP) is 2.32. The molecule has 1 rings (SSSR count). The summed E-state index contributed by atoms with van der Waals surface area (Å²) in [5, 5.41) is 3.04. The minimum atomic E-state index is -4.34. The van der Waals surface area contributed by atoms with Gasteiger partial charge in [0.1, 0.15) is 6.54 Å². The molecule has 1 aliphatic carbocycles. The number of hydrogen-bond donors (Lipinski definition) is 1. The van der Waals surface area contributed by atoms with Crippen molar-refractivity contribution < 1.29 is 18.0 Å². The van der Waals surface area contributed by atoms with Crippen LogP contribution in [-0.4, -0.2) is 42.2 Å². The Morgan fingerprint density at radius 2 is 1.89 bits per heavy atom. The minimum absolute atomic E-state index is 0.00106. The molecule has 0 heterocycles. The van der Waals surface area contributed by atoms with Gasteiger partial charge in [-0.2, -0.15) is 13.2 Å². The Morgan fingerprint density at radius 3 is 2.33 bits per heavy atom. The normalized spacial score (nSPS) is 17.4. The average molecular weight is 266 g/mol. The highest BCUT2D eigenvalue weighted by Gasteiger charge is 2.34. The number of rotatable bonds is 5. The molecule has 1 amide bonds. The van der Waals surface area contributed by atoms with Crippen LogP contribution in [0, 0.1) is 0 Å². The van der Waals surface area contributed by atoms with E-state index in [-0.39, 0.29) is 12.6 Å². The van der Waals surface area contributed by atoms with Crippen LogP contribution in [0.25, 0.3) is 0 Å². The van der Waals surface area contributed by atoms with Crippen molar-refractivity contribution in [1.82, 2.24) is 10.2 Å². The lowest BCUT2D eigenvalue weighted by atomic mass is 10.2. The molecule has 0 aliphatic heterocycles. The lowest BCUT2D eigenvalue weighted by Crippen LogP contribution is -2.48. The van der Waals surface area contributed by atoms with Gasteiger partial charge in [0, 0.05) is 12.1 Å². The van der Waals surface area contributed by atoms with Gasteiger partial charge in [-0.3, -0.25) is 4.79 Å². The zero-order valence-electron chi connectivity index (χ0n) is 10.9. The Hall–Kier alpha value is -0.780. The Balaban J connectivity index is 2.43. The second-order valence-electron chi connectivity index (χ2n) is 5.09. The Bertz CT molecular complexity index is 273. The second-order valence-corrected chi connectivity index (χ2v) is 5.09. The molecular formula is C12H21F3N2O. The largest absolute Gasteiger partial charge is 0.406 e. The molecule has 1 aliphatic rings. The highest BCUT2D eigenvalue weighted by Crippen LogP contribution is 2.19. The van der Waals surface area contributed by atoms with E-state index in [1.807, 2.05) is 0 Å². The van der Waals surface area contributed by atoms with Gasteiger partial charge in [0.2, 0.25) is 5.91 Å². The quantitative estimate of drug-likeness (QED) is 0.828. The van der Waals surface area contributed by atoms with E-state index in [4.69, 9.17) is 0 Å². The monoisotopic (exact) mass is 266 g/mol. The number of halogens is 3. The zero-order chi connectivity index (χ0) is 13.8. The van der Waals surface area contributed by atoms with Crippen molar-refractivity contribution in [3.63, 3.8) is 0 Å². The van der Waals surface area contributed by atoms with Crippen LogP contribution in [0.2, 0.25) is 0 Å². The maximum atomic E-state index is 12.4. The molecule has 1 saturated carbocycles. The summed E-state index contributed by atoms with van der Waals surface area (Å²) in [4.78, 5) is 12.7. The average Bonchev–Trinajstić information content (AvgIpc) is 2.73. The van der Waals surface area contributed by atoms with E-state index in [1.54, 1.807) is 13.8 Å². The van der Waals surface area contributed by atoms with Crippen LogP contribution in [0.4, 0.5) is 13.2 Å². The highest BCUT2D eigenvalue weighted by molar-refractivity contribution is 5.78. The van der Waals surface area contributed by atoms with Gasteiger partial charge >= 0.3 is 6.18 Å². The van der Waals surface area contributed by atoms with Crippen molar-refractivity contribution in [3.05, 3.63) is 0 Å². The number of amides is 1. The third-order valence-corrected chi connectivity index (χ3v) is 3.19. The molecule has 106 valence electrons. The summed E-state index contributed by atoms with van der Waals surface area (Å²) in [5.41, 5.74) is 0.